The van der Waals surface area contributed by atoms with E-state index in [9.17, 15) is 9.59 Å². The van der Waals surface area contributed by atoms with Gasteiger partial charge in [-0.3, -0.25) is 20.0 Å². The van der Waals surface area contributed by atoms with Crippen molar-refractivity contribution in [2.75, 3.05) is 13.1 Å². The summed E-state index contributed by atoms with van der Waals surface area (Å²) in [7, 11) is 0. The summed E-state index contributed by atoms with van der Waals surface area (Å²) in [6.45, 7) is 1.24. The number of aromatic nitrogens is 2. The van der Waals surface area contributed by atoms with Gasteiger partial charge in [0, 0.05) is 25.4 Å². The number of nitrogens with one attached hydrogen (secondary N) is 2. The van der Waals surface area contributed by atoms with Gasteiger partial charge in [0.1, 0.15) is 12.1 Å². The molecule has 22 heavy (non-hydrogen) atoms. The number of likely N-dealkylation sites (tertiary alicyclic amines) is 1. The second kappa shape index (κ2) is 6.69. The highest BCUT2D eigenvalue weighted by atomic mass is 16.5. The quantitative estimate of drug-likeness (QED) is 0.791. The molecule has 1 aromatic rings. The van der Waals surface area contributed by atoms with Crippen molar-refractivity contribution < 1.29 is 14.3 Å². The lowest BCUT2D eigenvalue weighted by atomic mass is 10.0. The highest BCUT2D eigenvalue weighted by molar-refractivity contribution is 5.85. The van der Waals surface area contributed by atoms with E-state index in [1.165, 1.54) is 0 Å². The first-order chi connectivity index (χ1) is 10.7. The Labute approximate surface area is 128 Å². The number of piperidine rings is 1. The van der Waals surface area contributed by atoms with Crippen LogP contribution in [0.15, 0.2) is 18.6 Å². The van der Waals surface area contributed by atoms with Gasteiger partial charge in [0.2, 0.25) is 17.7 Å². The van der Waals surface area contributed by atoms with Gasteiger partial charge in [-0.25, -0.2) is 10.4 Å². The Hall–Kier alpha value is -2.22. The van der Waals surface area contributed by atoms with Crippen molar-refractivity contribution in [2.45, 2.75) is 37.8 Å². The van der Waals surface area contributed by atoms with Crippen LogP contribution in [0.25, 0.3) is 0 Å². The minimum absolute atomic E-state index is 0.00689. The van der Waals surface area contributed by atoms with Crippen LogP contribution >= 0.6 is 0 Å². The first-order valence-corrected chi connectivity index (χ1v) is 7.48. The van der Waals surface area contributed by atoms with Crippen LogP contribution in [0.3, 0.4) is 0 Å². The third-order valence-corrected chi connectivity index (χ3v) is 3.86. The fourth-order valence-electron chi connectivity index (χ4n) is 2.73. The van der Waals surface area contributed by atoms with Crippen LogP contribution in [0.5, 0.6) is 5.88 Å². The molecule has 2 amide bonds. The van der Waals surface area contributed by atoms with Gasteiger partial charge in [0.05, 0.1) is 12.7 Å². The maximum absolute atomic E-state index is 12.5. The molecule has 2 atom stereocenters. The third-order valence-electron chi connectivity index (χ3n) is 3.86. The van der Waals surface area contributed by atoms with E-state index in [1.54, 1.807) is 23.5 Å². The van der Waals surface area contributed by atoms with Gasteiger partial charge in [-0.05, 0) is 19.3 Å². The molecule has 0 bridgehead atoms. The highest BCUT2D eigenvalue weighted by Gasteiger charge is 2.31. The van der Waals surface area contributed by atoms with E-state index in [-0.39, 0.29) is 24.0 Å². The number of hydrogen-bond acceptors (Lipinski definition) is 6. The first-order valence-electron chi connectivity index (χ1n) is 7.48. The topological polar surface area (TPSA) is 96.5 Å². The predicted octanol–water partition coefficient (Wildman–Crippen LogP) is -0.370. The normalized spacial score (nSPS) is 25.5. The minimum Gasteiger partial charge on any atom is -0.471 e. The van der Waals surface area contributed by atoms with E-state index in [0.717, 1.165) is 12.8 Å². The summed E-state index contributed by atoms with van der Waals surface area (Å²) in [5.74, 6) is 0.406. The van der Waals surface area contributed by atoms with Crippen molar-refractivity contribution in [3.8, 4) is 5.88 Å². The Kier molecular flexibility index (Phi) is 4.47. The smallest absolute Gasteiger partial charge is 0.241 e. The zero-order chi connectivity index (χ0) is 15.4. The van der Waals surface area contributed by atoms with Crippen LogP contribution in [0.1, 0.15) is 25.7 Å². The number of hydrazine groups is 1. The number of amides is 2. The Morgan fingerprint density at radius 3 is 3.00 bits per heavy atom. The lowest BCUT2D eigenvalue weighted by molar-refractivity contribution is -0.138. The molecule has 3 rings (SSSR count). The molecular formula is C14H19N5O3. The predicted molar refractivity (Wildman–Crippen MR) is 76.6 cm³/mol. The maximum Gasteiger partial charge on any atom is 0.241 e. The number of rotatable bonds is 3. The largest absolute Gasteiger partial charge is 0.471 e. The SMILES string of the molecule is O=C1CCC(C(=O)N2CCCC(Oc3cnccn3)C2)NN1. The molecule has 2 saturated heterocycles. The van der Waals surface area contributed by atoms with Gasteiger partial charge in [-0.1, -0.05) is 0 Å². The van der Waals surface area contributed by atoms with Crippen molar-refractivity contribution in [3.05, 3.63) is 18.6 Å². The number of hydrogen-bond donors (Lipinski definition) is 2. The Balaban J connectivity index is 1.56. The van der Waals surface area contributed by atoms with E-state index in [2.05, 4.69) is 20.8 Å². The second-order valence-corrected chi connectivity index (χ2v) is 5.49. The highest BCUT2D eigenvalue weighted by Crippen LogP contribution is 2.17. The van der Waals surface area contributed by atoms with E-state index in [4.69, 9.17) is 4.74 Å². The van der Waals surface area contributed by atoms with Gasteiger partial charge >= 0.3 is 0 Å². The van der Waals surface area contributed by atoms with Crippen molar-refractivity contribution in [1.29, 1.82) is 0 Å². The summed E-state index contributed by atoms with van der Waals surface area (Å²) in [6, 6.07) is -0.354. The number of carbonyl (C=O) groups is 2. The van der Waals surface area contributed by atoms with Crippen molar-refractivity contribution in [2.24, 2.45) is 0 Å². The van der Waals surface area contributed by atoms with Gasteiger partial charge in [-0.2, -0.15) is 0 Å². The summed E-state index contributed by atoms with van der Waals surface area (Å²) in [4.78, 5) is 33.5. The molecule has 3 heterocycles. The molecule has 0 aromatic carbocycles. The average molecular weight is 305 g/mol. The average Bonchev–Trinajstić information content (AvgIpc) is 2.56. The van der Waals surface area contributed by atoms with Gasteiger partial charge < -0.3 is 9.64 Å². The third kappa shape index (κ3) is 3.51. The minimum atomic E-state index is -0.354. The summed E-state index contributed by atoms with van der Waals surface area (Å²) >= 11 is 0. The summed E-state index contributed by atoms with van der Waals surface area (Å²) in [6.07, 6.45) is 7.33. The van der Waals surface area contributed by atoms with Crippen LogP contribution < -0.4 is 15.6 Å². The van der Waals surface area contributed by atoms with Crippen LogP contribution in [0.2, 0.25) is 0 Å². The lowest BCUT2D eigenvalue weighted by Gasteiger charge is -2.35. The fourth-order valence-corrected chi connectivity index (χ4v) is 2.73. The molecule has 0 spiro atoms. The van der Waals surface area contributed by atoms with E-state index in [0.29, 0.717) is 31.8 Å². The van der Waals surface area contributed by atoms with Crippen molar-refractivity contribution in [3.63, 3.8) is 0 Å². The van der Waals surface area contributed by atoms with E-state index >= 15 is 0 Å². The Morgan fingerprint density at radius 1 is 1.36 bits per heavy atom. The zero-order valence-corrected chi connectivity index (χ0v) is 12.2. The molecule has 118 valence electrons. The van der Waals surface area contributed by atoms with E-state index < -0.39 is 0 Å². The standard InChI is InChI=1S/C14H19N5O3/c20-12-4-3-11(17-18-12)14(21)19-7-1-2-10(9-19)22-13-8-15-5-6-16-13/h5-6,8,10-11,17H,1-4,7,9H2,(H,18,20). The molecule has 0 radical (unpaired) electrons. The molecule has 1 aromatic heterocycles. The maximum atomic E-state index is 12.5. The molecule has 2 unspecified atom stereocenters. The number of ether oxygens (including phenoxy) is 1. The molecule has 2 aliphatic heterocycles. The monoisotopic (exact) mass is 305 g/mol. The first kappa shape index (κ1) is 14.7. The van der Waals surface area contributed by atoms with Gasteiger partial charge in [0.15, 0.2) is 0 Å². The number of carbonyl (C=O) groups excluding carboxylic acids is 2. The van der Waals surface area contributed by atoms with E-state index in [1.807, 2.05) is 0 Å². The molecule has 0 saturated carbocycles. The summed E-state index contributed by atoms with van der Waals surface area (Å²) in [5, 5.41) is 0. The van der Waals surface area contributed by atoms with Gasteiger partial charge in [-0.15, -0.1) is 0 Å². The van der Waals surface area contributed by atoms with Crippen molar-refractivity contribution in [1.82, 2.24) is 25.7 Å². The number of nitrogens with zero attached hydrogens (tertiary/aromatic N) is 3. The Morgan fingerprint density at radius 2 is 2.27 bits per heavy atom. The summed E-state index contributed by atoms with van der Waals surface area (Å²) in [5.41, 5.74) is 5.29. The molecule has 8 nitrogen and oxygen atoms in total. The molecular weight excluding hydrogens is 286 g/mol. The zero-order valence-electron chi connectivity index (χ0n) is 12.2. The molecule has 2 fully saturated rings. The molecule has 2 N–H and O–H groups in total. The molecule has 2 aliphatic rings. The van der Waals surface area contributed by atoms with Crippen LogP contribution in [-0.2, 0) is 9.59 Å². The second-order valence-electron chi connectivity index (χ2n) is 5.49. The molecule has 8 heteroatoms. The Bertz CT molecular complexity index is 529. The molecule has 0 aliphatic carbocycles. The van der Waals surface area contributed by atoms with Crippen LogP contribution in [0, 0.1) is 0 Å². The summed E-state index contributed by atoms with van der Waals surface area (Å²) < 4.78 is 5.78. The fraction of sp³-hybridized carbons (Fsp3) is 0.571. The van der Waals surface area contributed by atoms with Crippen LogP contribution in [0.4, 0.5) is 0 Å². The van der Waals surface area contributed by atoms with Crippen LogP contribution in [-0.4, -0.2) is 51.9 Å². The van der Waals surface area contributed by atoms with Gasteiger partial charge in [0.25, 0.3) is 0 Å². The van der Waals surface area contributed by atoms with Crippen molar-refractivity contribution >= 4 is 11.8 Å². The lowest BCUT2D eigenvalue weighted by Crippen LogP contribution is -2.58.